The molecule has 1 aliphatic heterocycles. The van der Waals surface area contributed by atoms with Crippen molar-refractivity contribution >= 4 is 11.8 Å². The number of carbonyl (C=O) groups excluding carboxylic acids is 1. The third kappa shape index (κ3) is 4.33. The standard InChI is InChI=1S/C20H20F3N3O3/c1-28-13-3-5-17(25-10-13)18(27)7-12-2-4-16(23)15(6-12)20(11-22)8-14(9-21)29-19(24)26-20/h2-6,10,14H,7-9,11H2,1H3,(H2,24,26)/t14-,20+/m0/s1. The van der Waals surface area contributed by atoms with Gasteiger partial charge in [0.15, 0.2) is 5.78 Å². The molecule has 0 bridgehead atoms. The highest BCUT2D eigenvalue weighted by atomic mass is 19.1. The molecule has 1 aliphatic rings. The van der Waals surface area contributed by atoms with Gasteiger partial charge >= 0.3 is 0 Å². The second-order valence-electron chi connectivity index (χ2n) is 6.71. The molecule has 9 heteroatoms. The van der Waals surface area contributed by atoms with E-state index in [0.717, 1.165) is 6.07 Å². The number of hydrogen-bond donors (Lipinski definition) is 1. The van der Waals surface area contributed by atoms with Crippen molar-refractivity contribution in [1.82, 2.24) is 4.98 Å². The quantitative estimate of drug-likeness (QED) is 0.714. The number of hydrogen-bond acceptors (Lipinski definition) is 6. The van der Waals surface area contributed by atoms with Gasteiger partial charge in [0, 0.05) is 18.4 Å². The minimum atomic E-state index is -1.71. The largest absolute Gasteiger partial charge is 0.495 e. The lowest BCUT2D eigenvalue weighted by Gasteiger charge is -2.35. The highest BCUT2D eigenvalue weighted by molar-refractivity contribution is 5.95. The Morgan fingerprint density at radius 1 is 1.34 bits per heavy atom. The number of aliphatic imine (C=N–C) groups is 1. The van der Waals surface area contributed by atoms with E-state index in [1.54, 1.807) is 6.07 Å². The average Bonchev–Trinajstić information content (AvgIpc) is 2.74. The first-order valence-electron chi connectivity index (χ1n) is 8.87. The average molecular weight is 407 g/mol. The van der Waals surface area contributed by atoms with Crippen LogP contribution < -0.4 is 10.5 Å². The van der Waals surface area contributed by atoms with Gasteiger partial charge in [-0.1, -0.05) is 6.07 Å². The summed E-state index contributed by atoms with van der Waals surface area (Å²) in [5, 5.41) is 0. The van der Waals surface area contributed by atoms with Crippen molar-refractivity contribution in [2.75, 3.05) is 20.5 Å². The van der Waals surface area contributed by atoms with Gasteiger partial charge in [-0.3, -0.25) is 4.79 Å². The number of Topliss-reactive ketones (excluding diaryl/α,β-unsaturated/α-hetero) is 1. The molecule has 29 heavy (non-hydrogen) atoms. The smallest absolute Gasteiger partial charge is 0.283 e. The molecule has 154 valence electrons. The van der Waals surface area contributed by atoms with Gasteiger partial charge in [0.1, 0.15) is 42.3 Å². The molecule has 0 fully saturated rings. The molecule has 1 aromatic heterocycles. The van der Waals surface area contributed by atoms with E-state index in [1.807, 2.05) is 0 Å². The first-order chi connectivity index (χ1) is 13.9. The molecule has 0 saturated carbocycles. The summed E-state index contributed by atoms with van der Waals surface area (Å²) in [7, 11) is 1.48. The van der Waals surface area contributed by atoms with Gasteiger partial charge in [0.05, 0.1) is 13.3 Å². The number of amidine groups is 1. The van der Waals surface area contributed by atoms with Crippen LogP contribution >= 0.6 is 0 Å². The Morgan fingerprint density at radius 3 is 2.76 bits per heavy atom. The van der Waals surface area contributed by atoms with Crippen molar-refractivity contribution < 1.29 is 27.4 Å². The molecule has 0 spiro atoms. The molecule has 0 aliphatic carbocycles. The number of carbonyl (C=O) groups is 1. The Hall–Kier alpha value is -3.10. The first-order valence-corrected chi connectivity index (χ1v) is 8.87. The number of benzene rings is 1. The minimum Gasteiger partial charge on any atom is -0.495 e. The highest BCUT2D eigenvalue weighted by Crippen LogP contribution is 2.37. The molecule has 2 aromatic rings. The summed E-state index contributed by atoms with van der Waals surface area (Å²) in [5.74, 6) is -0.526. The summed E-state index contributed by atoms with van der Waals surface area (Å²) >= 11 is 0. The van der Waals surface area contributed by atoms with Crippen LogP contribution in [0.2, 0.25) is 0 Å². The van der Waals surface area contributed by atoms with E-state index in [9.17, 15) is 18.0 Å². The van der Waals surface area contributed by atoms with E-state index >= 15 is 0 Å². The van der Waals surface area contributed by atoms with E-state index in [4.69, 9.17) is 15.2 Å². The van der Waals surface area contributed by atoms with Crippen molar-refractivity contribution in [3.05, 3.63) is 59.2 Å². The number of rotatable bonds is 7. The molecule has 2 N–H and O–H groups in total. The van der Waals surface area contributed by atoms with Gasteiger partial charge in [-0.15, -0.1) is 0 Å². The van der Waals surface area contributed by atoms with E-state index in [1.165, 1.54) is 31.5 Å². The van der Waals surface area contributed by atoms with Crippen LogP contribution in [0, 0.1) is 5.82 Å². The van der Waals surface area contributed by atoms with Crippen molar-refractivity contribution in [3.8, 4) is 5.75 Å². The zero-order chi connectivity index (χ0) is 21.0. The summed E-state index contributed by atoms with van der Waals surface area (Å²) in [6.07, 6.45) is 0.0843. The van der Waals surface area contributed by atoms with Crippen LogP contribution in [0.1, 0.15) is 28.0 Å². The molecule has 0 radical (unpaired) electrons. The Kier molecular flexibility index (Phi) is 6.05. The predicted octanol–water partition coefficient (Wildman–Crippen LogP) is 2.89. The van der Waals surface area contributed by atoms with Crippen LogP contribution in [-0.2, 0) is 16.7 Å². The Bertz CT molecular complexity index is 921. The molecule has 1 aromatic carbocycles. The highest BCUT2D eigenvalue weighted by Gasteiger charge is 2.42. The first kappa shape index (κ1) is 20.6. The fraction of sp³-hybridized carbons (Fsp3) is 0.350. The molecule has 0 unspecified atom stereocenters. The third-order valence-electron chi connectivity index (χ3n) is 4.72. The van der Waals surface area contributed by atoms with Crippen LogP contribution in [-0.4, -0.2) is 43.4 Å². The Balaban J connectivity index is 1.91. The summed E-state index contributed by atoms with van der Waals surface area (Å²) in [5.41, 5.74) is 4.40. The number of halogens is 3. The number of ether oxygens (including phenoxy) is 2. The number of alkyl halides is 2. The van der Waals surface area contributed by atoms with Crippen LogP contribution in [0.3, 0.4) is 0 Å². The Morgan fingerprint density at radius 2 is 2.14 bits per heavy atom. The van der Waals surface area contributed by atoms with E-state index in [2.05, 4.69) is 9.98 Å². The number of nitrogens with zero attached hydrogens (tertiary/aromatic N) is 2. The second kappa shape index (κ2) is 8.50. The van der Waals surface area contributed by atoms with Crippen molar-refractivity contribution in [2.45, 2.75) is 24.5 Å². The molecule has 2 heterocycles. The summed E-state index contributed by atoms with van der Waals surface area (Å²) in [6.45, 7) is -2.01. The van der Waals surface area contributed by atoms with Crippen molar-refractivity contribution in [3.63, 3.8) is 0 Å². The molecule has 3 rings (SSSR count). The van der Waals surface area contributed by atoms with Crippen LogP contribution in [0.15, 0.2) is 41.5 Å². The molecular weight excluding hydrogens is 387 g/mol. The van der Waals surface area contributed by atoms with Gasteiger partial charge in [0.2, 0.25) is 0 Å². The van der Waals surface area contributed by atoms with Gasteiger partial charge < -0.3 is 15.2 Å². The number of methoxy groups -OCH3 is 1. The molecule has 2 atom stereocenters. The van der Waals surface area contributed by atoms with Crippen LogP contribution in [0.4, 0.5) is 13.2 Å². The zero-order valence-corrected chi connectivity index (χ0v) is 15.7. The number of ketones is 1. The number of aromatic nitrogens is 1. The normalized spacial score (nSPS) is 21.2. The van der Waals surface area contributed by atoms with Gasteiger partial charge in [0.25, 0.3) is 6.02 Å². The Labute approximate surface area is 165 Å². The third-order valence-corrected chi connectivity index (χ3v) is 4.72. The topological polar surface area (TPSA) is 86.8 Å². The number of pyridine rings is 1. The lowest BCUT2D eigenvalue weighted by Crippen LogP contribution is -2.43. The lowest BCUT2D eigenvalue weighted by atomic mass is 9.84. The molecule has 6 nitrogen and oxygen atoms in total. The maximum atomic E-state index is 14.6. The summed E-state index contributed by atoms with van der Waals surface area (Å²) in [4.78, 5) is 20.5. The predicted molar refractivity (Wildman–Crippen MR) is 100.0 cm³/mol. The molecule has 0 amide bonds. The van der Waals surface area contributed by atoms with Crippen LogP contribution in [0.25, 0.3) is 0 Å². The maximum absolute atomic E-state index is 14.6. The van der Waals surface area contributed by atoms with Gasteiger partial charge in [-0.2, -0.15) is 0 Å². The fourth-order valence-electron chi connectivity index (χ4n) is 3.27. The van der Waals surface area contributed by atoms with Crippen LogP contribution in [0.5, 0.6) is 5.75 Å². The maximum Gasteiger partial charge on any atom is 0.283 e. The van der Waals surface area contributed by atoms with E-state index < -0.39 is 36.8 Å². The second-order valence-corrected chi connectivity index (χ2v) is 6.71. The summed E-state index contributed by atoms with van der Waals surface area (Å²) in [6, 6.07) is 6.62. The molecule has 0 saturated heterocycles. The zero-order valence-electron chi connectivity index (χ0n) is 15.7. The monoisotopic (exact) mass is 407 g/mol. The molecular formula is C20H20F3N3O3. The van der Waals surface area contributed by atoms with E-state index in [-0.39, 0.29) is 29.9 Å². The minimum absolute atomic E-state index is 0.0861. The van der Waals surface area contributed by atoms with E-state index in [0.29, 0.717) is 11.3 Å². The lowest BCUT2D eigenvalue weighted by molar-refractivity contribution is 0.0781. The van der Waals surface area contributed by atoms with Crippen molar-refractivity contribution in [1.29, 1.82) is 0 Å². The van der Waals surface area contributed by atoms with Gasteiger partial charge in [-0.05, 0) is 29.8 Å². The fourth-order valence-corrected chi connectivity index (χ4v) is 3.27. The SMILES string of the molecule is COc1ccc(C(=O)Cc2ccc(F)c([C@]3(CF)C[C@@H](CF)OC(N)=N3)c2)nc1. The summed E-state index contributed by atoms with van der Waals surface area (Å²) < 4.78 is 51.7. The van der Waals surface area contributed by atoms with Crippen molar-refractivity contribution in [2.24, 2.45) is 10.7 Å². The van der Waals surface area contributed by atoms with Gasteiger partial charge in [-0.25, -0.2) is 23.1 Å². The number of nitrogens with two attached hydrogens (primary N) is 1.